The first-order valence-electron chi connectivity index (χ1n) is 7.60. The summed E-state index contributed by atoms with van der Waals surface area (Å²) in [5, 5.41) is 2.50. The first kappa shape index (κ1) is 17.4. The average molecular weight is 410 g/mol. The highest BCUT2D eigenvalue weighted by molar-refractivity contribution is 9.10. The molecule has 2 amide bonds. The van der Waals surface area contributed by atoms with Crippen molar-refractivity contribution in [3.05, 3.63) is 50.7 Å². The summed E-state index contributed by atoms with van der Waals surface area (Å²) in [6.45, 7) is 1.94. The van der Waals surface area contributed by atoms with Crippen LogP contribution in [0.4, 0.5) is 5.69 Å². The van der Waals surface area contributed by atoms with E-state index in [0.29, 0.717) is 36.5 Å². The molecule has 8 nitrogen and oxygen atoms in total. The van der Waals surface area contributed by atoms with Crippen LogP contribution in [0.3, 0.4) is 0 Å². The number of morpholine rings is 1. The second-order valence-electron chi connectivity index (χ2n) is 5.52. The molecule has 9 heteroatoms. The van der Waals surface area contributed by atoms with Crippen LogP contribution in [0, 0.1) is 0 Å². The Balaban J connectivity index is 1.86. The van der Waals surface area contributed by atoms with Crippen molar-refractivity contribution in [3.63, 3.8) is 0 Å². The van der Waals surface area contributed by atoms with E-state index in [2.05, 4.69) is 21.2 Å². The second-order valence-corrected chi connectivity index (χ2v) is 6.30. The Hall–Kier alpha value is -2.39. The molecule has 0 aromatic carbocycles. The number of amides is 2. The zero-order chi connectivity index (χ0) is 18.0. The van der Waals surface area contributed by atoms with E-state index in [-0.39, 0.29) is 17.4 Å². The number of carbonyl (C=O) groups excluding carboxylic acids is 2. The van der Waals surface area contributed by atoms with Crippen LogP contribution in [0.5, 0.6) is 0 Å². The van der Waals surface area contributed by atoms with E-state index >= 15 is 0 Å². The van der Waals surface area contributed by atoms with Gasteiger partial charge in [-0.2, -0.15) is 0 Å². The molecular formula is C16H16BrN3O5. The van der Waals surface area contributed by atoms with Gasteiger partial charge in [0.2, 0.25) is 0 Å². The molecule has 1 N–H and O–H groups in total. The third-order valence-electron chi connectivity index (χ3n) is 3.77. The maximum Gasteiger partial charge on any atom is 0.291 e. The maximum atomic E-state index is 12.6. The van der Waals surface area contributed by atoms with Crippen molar-refractivity contribution >= 4 is 33.4 Å². The van der Waals surface area contributed by atoms with Crippen molar-refractivity contribution in [2.45, 2.75) is 0 Å². The van der Waals surface area contributed by atoms with Crippen LogP contribution in [0.15, 0.2) is 38.3 Å². The lowest BCUT2D eigenvalue weighted by Crippen LogP contribution is -2.41. The molecule has 0 saturated carbocycles. The summed E-state index contributed by atoms with van der Waals surface area (Å²) in [5.74, 6) is -0.729. The Labute approximate surface area is 151 Å². The van der Waals surface area contributed by atoms with Crippen LogP contribution in [-0.4, -0.2) is 47.6 Å². The summed E-state index contributed by atoms with van der Waals surface area (Å²) in [5.41, 5.74) is -0.0865. The van der Waals surface area contributed by atoms with Crippen molar-refractivity contribution in [2.24, 2.45) is 7.05 Å². The van der Waals surface area contributed by atoms with E-state index in [4.69, 9.17) is 9.15 Å². The number of nitrogens with one attached hydrogen (secondary N) is 1. The van der Waals surface area contributed by atoms with Crippen molar-refractivity contribution < 1.29 is 18.7 Å². The molecule has 1 saturated heterocycles. The molecule has 0 unspecified atom stereocenters. The van der Waals surface area contributed by atoms with Gasteiger partial charge in [-0.3, -0.25) is 14.4 Å². The number of hydrogen-bond acceptors (Lipinski definition) is 5. The highest BCUT2D eigenvalue weighted by Crippen LogP contribution is 2.16. The Kier molecular flexibility index (Phi) is 5.05. The number of aromatic nitrogens is 1. The van der Waals surface area contributed by atoms with Gasteiger partial charge in [-0.05, 0) is 34.1 Å². The van der Waals surface area contributed by atoms with Gasteiger partial charge in [0.05, 0.1) is 18.8 Å². The zero-order valence-corrected chi connectivity index (χ0v) is 15.0. The molecule has 1 aliphatic rings. The van der Waals surface area contributed by atoms with Crippen molar-refractivity contribution in [2.75, 3.05) is 31.6 Å². The van der Waals surface area contributed by atoms with Crippen LogP contribution in [-0.2, 0) is 11.8 Å². The highest BCUT2D eigenvalue weighted by atomic mass is 79.9. The molecule has 132 valence electrons. The molecule has 0 aliphatic carbocycles. The van der Waals surface area contributed by atoms with Gasteiger partial charge in [0.25, 0.3) is 17.4 Å². The van der Waals surface area contributed by atoms with E-state index < -0.39 is 11.5 Å². The molecule has 1 aliphatic heterocycles. The number of furan rings is 1. The molecular weight excluding hydrogens is 394 g/mol. The number of anilines is 1. The lowest BCUT2D eigenvalue weighted by Gasteiger charge is -2.27. The summed E-state index contributed by atoms with van der Waals surface area (Å²) >= 11 is 3.11. The maximum absolute atomic E-state index is 12.6. The molecule has 25 heavy (non-hydrogen) atoms. The molecule has 0 radical (unpaired) electrons. The van der Waals surface area contributed by atoms with Crippen LogP contribution in [0.1, 0.15) is 20.9 Å². The number of hydrogen-bond donors (Lipinski definition) is 1. The van der Waals surface area contributed by atoms with Crippen molar-refractivity contribution in [3.8, 4) is 0 Å². The molecule has 1 fully saturated rings. The van der Waals surface area contributed by atoms with E-state index in [1.54, 1.807) is 11.0 Å². The normalized spacial score (nSPS) is 14.4. The standard InChI is InChI=1S/C16H16BrN3O5/c1-19-9-10(15(22)20-4-6-24-7-5-20)8-11(16(19)23)18-14(21)12-2-3-13(17)25-12/h2-3,8-9H,4-7H2,1H3,(H,18,21). The topological polar surface area (TPSA) is 93.8 Å². The summed E-state index contributed by atoms with van der Waals surface area (Å²) in [7, 11) is 1.53. The quantitative estimate of drug-likeness (QED) is 0.827. The number of nitrogens with zero attached hydrogens (tertiary/aromatic N) is 2. The Bertz CT molecular complexity index is 867. The summed E-state index contributed by atoms with van der Waals surface area (Å²) < 4.78 is 12.1. The van der Waals surface area contributed by atoms with Gasteiger partial charge in [-0.25, -0.2) is 0 Å². The van der Waals surface area contributed by atoms with Gasteiger partial charge >= 0.3 is 0 Å². The van der Waals surface area contributed by atoms with Gasteiger partial charge < -0.3 is 23.9 Å². The average Bonchev–Trinajstić information content (AvgIpc) is 3.05. The molecule has 0 bridgehead atoms. The molecule has 0 atom stereocenters. The predicted molar refractivity (Wildman–Crippen MR) is 92.8 cm³/mol. The van der Waals surface area contributed by atoms with Crippen molar-refractivity contribution in [1.82, 2.24) is 9.47 Å². The number of pyridine rings is 1. The summed E-state index contributed by atoms with van der Waals surface area (Å²) in [6, 6.07) is 4.44. The number of ether oxygens (including phenoxy) is 1. The zero-order valence-electron chi connectivity index (χ0n) is 13.5. The third kappa shape index (κ3) is 3.83. The first-order chi connectivity index (χ1) is 12.0. The lowest BCUT2D eigenvalue weighted by molar-refractivity contribution is 0.0302. The lowest BCUT2D eigenvalue weighted by atomic mass is 10.2. The molecule has 0 spiro atoms. The fourth-order valence-electron chi connectivity index (χ4n) is 2.49. The highest BCUT2D eigenvalue weighted by Gasteiger charge is 2.21. The van der Waals surface area contributed by atoms with Gasteiger partial charge in [0.15, 0.2) is 10.4 Å². The van der Waals surface area contributed by atoms with Gasteiger partial charge in [0, 0.05) is 26.3 Å². The Morgan fingerprint density at radius 3 is 2.60 bits per heavy atom. The van der Waals surface area contributed by atoms with Crippen LogP contribution in [0.25, 0.3) is 0 Å². The molecule has 2 aromatic rings. The molecule has 3 rings (SSSR count). The minimum atomic E-state index is -0.571. The fraction of sp³-hybridized carbons (Fsp3) is 0.312. The number of aryl methyl sites for hydroxylation is 1. The largest absolute Gasteiger partial charge is 0.444 e. The summed E-state index contributed by atoms with van der Waals surface area (Å²) in [4.78, 5) is 38.7. The Morgan fingerprint density at radius 1 is 1.24 bits per heavy atom. The third-order valence-corrected chi connectivity index (χ3v) is 4.20. The Morgan fingerprint density at radius 2 is 1.96 bits per heavy atom. The predicted octanol–water partition coefficient (Wildman–Crippen LogP) is 1.47. The van der Waals surface area contributed by atoms with E-state index in [1.165, 1.54) is 29.9 Å². The molecule has 2 aromatic heterocycles. The number of rotatable bonds is 3. The SMILES string of the molecule is Cn1cc(C(=O)N2CCOCC2)cc(NC(=O)c2ccc(Br)o2)c1=O. The second kappa shape index (κ2) is 7.24. The first-order valence-corrected chi connectivity index (χ1v) is 8.39. The number of halogens is 1. The monoisotopic (exact) mass is 409 g/mol. The van der Waals surface area contributed by atoms with E-state index in [9.17, 15) is 14.4 Å². The molecule has 3 heterocycles. The minimum Gasteiger partial charge on any atom is -0.444 e. The van der Waals surface area contributed by atoms with Crippen LogP contribution in [0.2, 0.25) is 0 Å². The van der Waals surface area contributed by atoms with Crippen molar-refractivity contribution in [1.29, 1.82) is 0 Å². The van der Waals surface area contributed by atoms with Crippen LogP contribution < -0.4 is 10.9 Å². The van der Waals surface area contributed by atoms with Gasteiger partial charge in [-0.15, -0.1) is 0 Å². The van der Waals surface area contributed by atoms with E-state index in [1.807, 2.05) is 0 Å². The number of carbonyl (C=O) groups is 2. The van der Waals surface area contributed by atoms with Gasteiger partial charge in [0.1, 0.15) is 5.69 Å². The van der Waals surface area contributed by atoms with Crippen LogP contribution >= 0.6 is 15.9 Å². The fourth-order valence-corrected chi connectivity index (χ4v) is 2.79. The minimum absolute atomic E-state index is 0.0131. The smallest absolute Gasteiger partial charge is 0.291 e. The van der Waals surface area contributed by atoms with Gasteiger partial charge in [-0.1, -0.05) is 0 Å². The summed E-state index contributed by atoms with van der Waals surface area (Å²) in [6.07, 6.45) is 1.46. The van der Waals surface area contributed by atoms with E-state index in [0.717, 1.165) is 0 Å².